The summed E-state index contributed by atoms with van der Waals surface area (Å²) in [5.74, 6) is -1.32. The number of nitrogens with two attached hydrogens (primary N) is 1. The van der Waals surface area contributed by atoms with E-state index >= 15 is 0 Å². The van der Waals surface area contributed by atoms with Gasteiger partial charge in [0.2, 0.25) is 11.8 Å². The number of nitriles is 1. The molecule has 0 spiro atoms. The molecule has 5 heteroatoms. The van der Waals surface area contributed by atoms with E-state index in [2.05, 4.69) is 0 Å². The number of primary amides is 1. The van der Waals surface area contributed by atoms with Crippen molar-refractivity contribution in [1.29, 1.82) is 5.26 Å². The zero-order chi connectivity index (χ0) is 8.15. The first kappa shape index (κ1) is 8.43. The highest BCUT2D eigenvalue weighted by Gasteiger charge is 2.09. The predicted molar refractivity (Wildman–Crippen MR) is 32.2 cm³/mol. The molecule has 10 heavy (non-hydrogen) atoms. The minimum Gasteiger partial charge on any atom is -0.369 e. The number of rotatable bonds is 2. The topological polar surface area (TPSA) is 87.2 Å². The Balaban J connectivity index is 3.88. The van der Waals surface area contributed by atoms with Gasteiger partial charge < -0.3 is 5.73 Å². The number of carbonyl (C=O) groups excluding carboxylic acids is 2. The third kappa shape index (κ3) is 2.67. The van der Waals surface area contributed by atoms with Gasteiger partial charge in [0.1, 0.15) is 6.42 Å². The molecule has 0 unspecified atom stereocenters. The van der Waals surface area contributed by atoms with E-state index in [-0.39, 0.29) is 0 Å². The van der Waals surface area contributed by atoms with Gasteiger partial charge in [0.15, 0.2) is 6.19 Å². The molecule has 0 aliphatic rings. The van der Waals surface area contributed by atoms with Crippen LogP contribution in [0.5, 0.6) is 0 Å². The first-order chi connectivity index (χ1) is 4.57. The Morgan fingerprint density at radius 3 is 2.50 bits per heavy atom. The minimum atomic E-state index is -0.730. The van der Waals surface area contributed by atoms with Gasteiger partial charge in [0.25, 0.3) is 0 Å². The molecule has 0 aliphatic heterocycles. The van der Waals surface area contributed by atoms with E-state index in [9.17, 15) is 9.59 Å². The van der Waals surface area contributed by atoms with Crippen LogP contribution < -0.4 is 5.73 Å². The normalized spacial score (nSPS) is 8.00. The summed E-state index contributed by atoms with van der Waals surface area (Å²) >= 11 is 0. The average molecular weight is 141 g/mol. The van der Waals surface area contributed by atoms with Gasteiger partial charge in [0, 0.05) is 7.05 Å². The van der Waals surface area contributed by atoms with Gasteiger partial charge in [-0.2, -0.15) is 5.26 Å². The molecule has 5 nitrogen and oxygen atoms in total. The quantitative estimate of drug-likeness (QED) is 0.297. The van der Waals surface area contributed by atoms with Crippen molar-refractivity contribution < 1.29 is 9.59 Å². The van der Waals surface area contributed by atoms with E-state index < -0.39 is 18.2 Å². The Bertz CT molecular complexity index is 194. The fraction of sp³-hybridized carbons (Fsp3) is 0.400. The standard InChI is InChI=1S/C5H7N3O2/c1-8(3-6)5(10)2-4(7)9/h2H2,1H3,(H2,7,9). The summed E-state index contributed by atoms with van der Waals surface area (Å²) in [6.45, 7) is 0. The molecule has 0 saturated heterocycles. The van der Waals surface area contributed by atoms with Crippen molar-refractivity contribution in [2.24, 2.45) is 5.73 Å². The van der Waals surface area contributed by atoms with E-state index in [0.29, 0.717) is 0 Å². The van der Waals surface area contributed by atoms with E-state index in [0.717, 1.165) is 4.90 Å². The highest BCUT2D eigenvalue weighted by Crippen LogP contribution is 1.85. The molecule has 0 bridgehead atoms. The zero-order valence-electron chi connectivity index (χ0n) is 5.50. The fourth-order valence-corrected chi connectivity index (χ4v) is 0.323. The molecule has 0 aromatic carbocycles. The lowest BCUT2D eigenvalue weighted by Gasteiger charge is -2.02. The summed E-state index contributed by atoms with van der Waals surface area (Å²) in [4.78, 5) is 21.4. The maximum absolute atomic E-state index is 10.6. The van der Waals surface area contributed by atoms with Gasteiger partial charge >= 0.3 is 0 Å². The monoisotopic (exact) mass is 141 g/mol. The third-order valence-corrected chi connectivity index (χ3v) is 0.850. The molecule has 0 aromatic rings. The van der Waals surface area contributed by atoms with Gasteiger partial charge in [-0.1, -0.05) is 0 Å². The second kappa shape index (κ2) is 3.45. The number of nitrogens with zero attached hydrogens (tertiary/aromatic N) is 2. The average Bonchev–Trinajstić information content (AvgIpc) is 1.85. The first-order valence-corrected chi connectivity index (χ1v) is 2.52. The Morgan fingerprint density at radius 2 is 2.20 bits per heavy atom. The van der Waals surface area contributed by atoms with Crippen molar-refractivity contribution in [2.45, 2.75) is 6.42 Å². The molecule has 0 radical (unpaired) electrons. The molecular weight excluding hydrogens is 134 g/mol. The maximum Gasteiger partial charge on any atom is 0.244 e. The number of hydrogen-bond acceptors (Lipinski definition) is 3. The second-order valence-corrected chi connectivity index (χ2v) is 1.70. The summed E-state index contributed by atoms with van der Waals surface area (Å²) < 4.78 is 0. The Labute approximate surface area is 58.0 Å². The van der Waals surface area contributed by atoms with Crippen molar-refractivity contribution in [3.05, 3.63) is 0 Å². The Kier molecular flexibility index (Phi) is 2.91. The predicted octanol–water partition coefficient (Wildman–Crippen LogP) is -1.20. The van der Waals surface area contributed by atoms with Crippen LogP contribution in [0.2, 0.25) is 0 Å². The van der Waals surface area contributed by atoms with Crippen LogP contribution in [0.15, 0.2) is 0 Å². The van der Waals surface area contributed by atoms with Crippen LogP contribution >= 0.6 is 0 Å². The Hall–Kier alpha value is -1.57. The van der Waals surface area contributed by atoms with Crippen LogP contribution in [0.1, 0.15) is 6.42 Å². The minimum absolute atomic E-state index is 0.413. The van der Waals surface area contributed by atoms with Gasteiger partial charge in [-0.25, -0.2) is 0 Å². The van der Waals surface area contributed by atoms with Crippen LogP contribution in [0.4, 0.5) is 0 Å². The molecule has 0 atom stereocenters. The van der Waals surface area contributed by atoms with E-state index in [1.807, 2.05) is 0 Å². The maximum atomic E-state index is 10.6. The van der Waals surface area contributed by atoms with Crippen molar-refractivity contribution in [2.75, 3.05) is 7.05 Å². The second-order valence-electron chi connectivity index (χ2n) is 1.70. The summed E-state index contributed by atoms with van der Waals surface area (Å²) in [7, 11) is 1.27. The van der Waals surface area contributed by atoms with Gasteiger partial charge in [0.05, 0.1) is 0 Å². The smallest absolute Gasteiger partial charge is 0.244 e. The zero-order valence-corrected chi connectivity index (χ0v) is 5.50. The van der Waals surface area contributed by atoms with E-state index in [1.165, 1.54) is 7.05 Å². The SMILES string of the molecule is CN(C#N)C(=O)CC(N)=O. The van der Waals surface area contributed by atoms with Crippen LogP contribution in [-0.4, -0.2) is 23.8 Å². The van der Waals surface area contributed by atoms with E-state index in [1.54, 1.807) is 6.19 Å². The summed E-state index contributed by atoms with van der Waals surface area (Å²) in [5.41, 5.74) is 4.69. The van der Waals surface area contributed by atoms with Crippen molar-refractivity contribution >= 4 is 11.8 Å². The molecule has 54 valence electrons. The van der Waals surface area contributed by atoms with Crippen molar-refractivity contribution in [3.63, 3.8) is 0 Å². The lowest BCUT2D eigenvalue weighted by atomic mass is 10.4. The van der Waals surface area contributed by atoms with Gasteiger partial charge in [-0.05, 0) is 0 Å². The highest BCUT2D eigenvalue weighted by atomic mass is 16.2. The summed E-state index contributed by atoms with van der Waals surface area (Å²) in [6, 6.07) is 0. The molecule has 0 fully saturated rings. The fourth-order valence-electron chi connectivity index (χ4n) is 0.323. The largest absolute Gasteiger partial charge is 0.369 e. The van der Waals surface area contributed by atoms with E-state index in [4.69, 9.17) is 11.0 Å². The highest BCUT2D eigenvalue weighted by molar-refractivity contribution is 5.96. The molecule has 0 rings (SSSR count). The van der Waals surface area contributed by atoms with Crippen LogP contribution in [0.3, 0.4) is 0 Å². The van der Waals surface area contributed by atoms with Crippen molar-refractivity contribution in [3.8, 4) is 6.19 Å². The molecule has 2 amide bonds. The molecule has 0 saturated carbocycles. The molecule has 2 N–H and O–H groups in total. The molecule has 0 heterocycles. The Morgan fingerprint density at radius 1 is 1.70 bits per heavy atom. The van der Waals surface area contributed by atoms with Crippen molar-refractivity contribution in [1.82, 2.24) is 4.90 Å². The molecule has 0 aliphatic carbocycles. The summed E-state index contributed by atoms with van der Waals surface area (Å²) in [5, 5.41) is 8.12. The lowest BCUT2D eigenvalue weighted by Crippen LogP contribution is -2.26. The molecular formula is C5H7N3O2. The number of amides is 2. The number of carbonyl (C=O) groups is 2. The third-order valence-electron chi connectivity index (χ3n) is 0.850. The van der Waals surface area contributed by atoms with Gasteiger partial charge in [-0.15, -0.1) is 0 Å². The van der Waals surface area contributed by atoms with Crippen LogP contribution in [-0.2, 0) is 9.59 Å². The van der Waals surface area contributed by atoms with Crippen LogP contribution in [0.25, 0.3) is 0 Å². The van der Waals surface area contributed by atoms with Gasteiger partial charge in [-0.3, -0.25) is 14.5 Å². The number of hydrogen-bond donors (Lipinski definition) is 1. The first-order valence-electron chi connectivity index (χ1n) is 2.52. The summed E-state index contributed by atoms with van der Waals surface area (Å²) in [6.07, 6.45) is 1.13. The van der Waals surface area contributed by atoms with Crippen LogP contribution in [0, 0.1) is 11.5 Å². The lowest BCUT2D eigenvalue weighted by molar-refractivity contribution is -0.131. The molecule has 0 aromatic heterocycles.